The Hall–Kier alpha value is -1.52. The standard InChI is InChI=1S/C13H13F3O2/c14-10-7-6-9(11(15)12(10)16)13(17)18-8-4-2-1-3-5-8/h6-8H,1-5H2. The van der Waals surface area contributed by atoms with Crippen LogP contribution in [0.1, 0.15) is 42.5 Å². The number of carbonyl (C=O) groups excluding carboxylic acids is 1. The van der Waals surface area contributed by atoms with Gasteiger partial charge >= 0.3 is 5.97 Å². The van der Waals surface area contributed by atoms with Gasteiger partial charge in [-0.1, -0.05) is 6.42 Å². The van der Waals surface area contributed by atoms with Crippen LogP contribution in [0.2, 0.25) is 0 Å². The molecule has 0 radical (unpaired) electrons. The van der Waals surface area contributed by atoms with E-state index < -0.39 is 29.0 Å². The molecule has 1 aromatic carbocycles. The molecule has 1 saturated carbocycles. The number of carbonyl (C=O) groups is 1. The number of ether oxygens (including phenoxy) is 1. The maximum absolute atomic E-state index is 13.4. The minimum absolute atomic E-state index is 0.251. The molecule has 0 unspecified atom stereocenters. The van der Waals surface area contributed by atoms with Crippen molar-refractivity contribution in [3.63, 3.8) is 0 Å². The zero-order chi connectivity index (χ0) is 13.1. The van der Waals surface area contributed by atoms with Crippen molar-refractivity contribution >= 4 is 5.97 Å². The van der Waals surface area contributed by atoms with Crippen LogP contribution < -0.4 is 0 Å². The third-order valence-corrected chi connectivity index (χ3v) is 3.08. The fraction of sp³-hybridized carbons (Fsp3) is 0.462. The fourth-order valence-electron chi connectivity index (χ4n) is 2.08. The van der Waals surface area contributed by atoms with Gasteiger partial charge in [0.25, 0.3) is 0 Å². The summed E-state index contributed by atoms with van der Waals surface area (Å²) < 4.78 is 44.1. The molecule has 0 spiro atoms. The highest BCUT2D eigenvalue weighted by molar-refractivity contribution is 5.89. The number of halogens is 3. The molecule has 0 bridgehead atoms. The average Bonchev–Trinajstić information content (AvgIpc) is 2.37. The van der Waals surface area contributed by atoms with Gasteiger partial charge in [0.05, 0.1) is 5.56 Å². The van der Waals surface area contributed by atoms with Crippen LogP contribution in [0.3, 0.4) is 0 Å². The lowest BCUT2D eigenvalue weighted by atomic mass is 9.98. The van der Waals surface area contributed by atoms with Crippen molar-refractivity contribution in [2.45, 2.75) is 38.2 Å². The summed E-state index contributed by atoms with van der Waals surface area (Å²) in [6, 6.07) is 1.62. The molecule has 2 nitrogen and oxygen atoms in total. The van der Waals surface area contributed by atoms with Gasteiger partial charge in [0, 0.05) is 0 Å². The highest BCUT2D eigenvalue weighted by Crippen LogP contribution is 2.23. The van der Waals surface area contributed by atoms with Crippen LogP contribution in [0, 0.1) is 17.5 Å². The molecule has 18 heavy (non-hydrogen) atoms. The maximum atomic E-state index is 13.4. The van der Waals surface area contributed by atoms with Crippen LogP contribution in [0.25, 0.3) is 0 Å². The van der Waals surface area contributed by atoms with E-state index in [4.69, 9.17) is 4.74 Å². The summed E-state index contributed by atoms with van der Waals surface area (Å²) in [6.07, 6.45) is 4.22. The number of rotatable bonds is 2. The SMILES string of the molecule is O=C(OC1CCCCC1)c1ccc(F)c(F)c1F. The molecule has 2 rings (SSSR count). The molecule has 0 heterocycles. The molecule has 98 valence electrons. The van der Waals surface area contributed by atoms with Gasteiger partial charge in [-0.2, -0.15) is 0 Å². The first-order chi connectivity index (χ1) is 8.59. The van der Waals surface area contributed by atoms with Crippen LogP contribution in [0.5, 0.6) is 0 Å². The Morgan fingerprint density at radius 1 is 1.06 bits per heavy atom. The second kappa shape index (κ2) is 5.42. The minimum Gasteiger partial charge on any atom is -0.459 e. The molecule has 0 aliphatic heterocycles. The monoisotopic (exact) mass is 258 g/mol. The normalized spacial score (nSPS) is 16.6. The predicted molar refractivity (Wildman–Crippen MR) is 58.6 cm³/mol. The zero-order valence-electron chi connectivity index (χ0n) is 9.72. The molecule has 0 amide bonds. The lowest BCUT2D eigenvalue weighted by Gasteiger charge is -2.21. The predicted octanol–water partition coefficient (Wildman–Crippen LogP) is 3.59. The molecular formula is C13H13F3O2. The van der Waals surface area contributed by atoms with Gasteiger partial charge in [-0.15, -0.1) is 0 Å². The van der Waals surface area contributed by atoms with Crippen molar-refractivity contribution in [1.29, 1.82) is 0 Å². The molecular weight excluding hydrogens is 245 g/mol. The van der Waals surface area contributed by atoms with E-state index in [-0.39, 0.29) is 6.10 Å². The Labute approximate surface area is 103 Å². The van der Waals surface area contributed by atoms with E-state index in [0.29, 0.717) is 0 Å². The van der Waals surface area contributed by atoms with Gasteiger partial charge in [0.15, 0.2) is 17.5 Å². The van der Waals surface area contributed by atoms with Gasteiger partial charge in [0.2, 0.25) is 0 Å². The molecule has 0 N–H and O–H groups in total. The highest BCUT2D eigenvalue weighted by Gasteiger charge is 2.23. The number of hydrogen-bond donors (Lipinski definition) is 0. The van der Waals surface area contributed by atoms with Crippen molar-refractivity contribution < 1.29 is 22.7 Å². The average molecular weight is 258 g/mol. The third kappa shape index (κ3) is 2.66. The summed E-state index contributed by atoms with van der Waals surface area (Å²) >= 11 is 0. The summed E-state index contributed by atoms with van der Waals surface area (Å²) in [5.74, 6) is -5.39. The Bertz CT molecular complexity index is 454. The molecule has 1 aliphatic carbocycles. The summed E-state index contributed by atoms with van der Waals surface area (Å²) in [7, 11) is 0. The van der Waals surface area contributed by atoms with Crippen LogP contribution in [-0.2, 0) is 4.74 Å². The fourth-order valence-corrected chi connectivity index (χ4v) is 2.08. The molecule has 1 fully saturated rings. The smallest absolute Gasteiger partial charge is 0.341 e. The van der Waals surface area contributed by atoms with Crippen molar-refractivity contribution in [3.8, 4) is 0 Å². The quantitative estimate of drug-likeness (QED) is 0.598. The van der Waals surface area contributed by atoms with E-state index >= 15 is 0 Å². The number of benzene rings is 1. The maximum Gasteiger partial charge on any atom is 0.341 e. The largest absolute Gasteiger partial charge is 0.459 e. The second-order valence-electron chi connectivity index (χ2n) is 4.39. The second-order valence-corrected chi connectivity index (χ2v) is 4.39. The van der Waals surface area contributed by atoms with Crippen molar-refractivity contribution in [3.05, 3.63) is 35.1 Å². The van der Waals surface area contributed by atoms with E-state index in [1.807, 2.05) is 0 Å². The number of hydrogen-bond acceptors (Lipinski definition) is 2. The summed E-state index contributed by atoms with van der Waals surface area (Å²) in [5.41, 5.74) is -0.556. The van der Waals surface area contributed by atoms with Crippen LogP contribution in [0.15, 0.2) is 12.1 Å². The van der Waals surface area contributed by atoms with Gasteiger partial charge in [-0.25, -0.2) is 18.0 Å². The van der Waals surface area contributed by atoms with Crippen LogP contribution in [0.4, 0.5) is 13.2 Å². The Morgan fingerprint density at radius 3 is 2.39 bits per heavy atom. The molecule has 5 heteroatoms. The van der Waals surface area contributed by atoms with E-state index in [0.717, 1.165) is 44.2 Å². The lowest BCUT2D eigenvalue weighted by molar-refractivity contribution is 0.0205. The molecule has 0 saturated heterocycles. The molecule has 1 aromatic rings. The third-order valence-electron chi connectivity index (χ3n) is 3.08. The molecule has 1 aliphatic rings. The Kier molecular flexibility index (Phi) is 3.89. The van der Waals surface area contributed by atoms with Gasteiger partial charge < -0.3 is 4.74 Å². The number of esters is 1. The minimum atomic E-state index is -1.65. The first-order valence-corrected chi connectivity index (χ1v) is 5.94. The van der Waals surface area contributed by atoms with E-state index in [1.165, 1.54) is 0 Å². The molecule has 0 aromatic heterocycles. The first-order valence-electron chi connectivity index (χ1n) is 5.94. The van der Waals surface area contributed by atoms with Crippen molar-refractivity contribution in [1.82, 2.24) is 0 Å². The highest BCUT2D eigenvalue weighted by atomic mass is 19.2. The van der Waals surface area contributed by atoms with Crippen molar-refractivity contribution in [2.24, 2.45) is 0 Å². The van der Waals surface area contributed by atoms with Crippen LogP contribution in [-0.4, -0.2) is 12.1 Å². The van der Waals surface area contributed by atoms with E-state index in [9.17, 15) is 18.0 Å². The van der Waals surface area contributed by atoms with E-state index in [2.05, 4.69) is 0 Å². The topological polar surface area (TPSA) is 26.3 Å². The molecule has 0 atom stereocenters. The van der Waals surface area contributed by atoms with E-state index in [1.54, 1.807) is 0 Å². The summed E-state index contributed by atoms with van der Waals surface area (Å²) in [5, 5.41) is 0. The van der Waals surface area contributed by atoms with Gasteiger partial charge in [-0.3, -0.25) is 0 Å². The van der Waals surface area contributed by atoms with Crippen LogP contribution >= 0.6 is 0 Å². The summed E-state index contributed by atoms with van der Waals surface area (Å²) in [6.45, 7) is 0. The first kappa shape index (κ1) is 12.9. The Balaban J connectivity index is 2.11. The zero-order valence-corrected chi connectivity index (χ0v) is 9.72. The van der Waals surface area contributed by atoms with Crippen molar-refractivity contribution in [2.75, 3.05) is 0 Å². The lowest BCUT2D eigenvalue weighted by Crippen LogP contribution is -2.22. The Morgan fingerprint density at radius 2 is 1.72 bits per heavy atom. The van der Waals surface area contributed by atoms with Gasteiger partial charge in [0.1, 0.15) is 6.10 Å². The summed E-state index contributed by atoms with van der Waals surface area (Å²) in [4.78, 5) is 11.6. The van der Waals surface area contributed by atoms with Gasteiger partial charge in [-0.05, 0) is 37.8 Å².